The molecule has 1 amide bonds. The Morgan fingerprint density at radius 2 is 1.47 bits per heavy atom. The van der Waals surface area contributed by atoms with E-state index in [9.17, 15) is 18.4 Å². The van der Waals surface area contributed by atoms with E-state index in [1.54, 1.807) is 0 Å². The second-order valence-corrected chi connectivity index (χ2v) is 6.90. The zero-order valence-electron chi connectivity index (χ0n) is 15.7. The second kappa shape index (κ2) is 7.94. The summed E-state index contributed by atoms with van der Waals surface area (Å²) in [4.78, 5) is 23.0. The smallest absolute Gasteiger partial charge is 0.407 e. The second-order valence-electron chi connectivity index (χ2n) is 6.90. The molecule has 152 valence electrons. The number of carboxylic acid groups (broad SMARTS) is 1. The Bertz CT molecular complexity index is 1080. The molecule has 1 aliphatic carbocycles. The van der Waals surface area contributed by atoms with Gasteiger partial charge in [-0.05, 0) is 34.4 Å². The topological polar surface area (TPSA) is 75.6 Å². The third-order valence-electron chi connectivity index (χ3n) is 5.14. The summed E-state index contributed by atoms with van der Waals surface area (Å²) in [6.45, 7) is -0.392. The number of ether oxygens (including phenoxy) is 1. The maximum absolute atomic E-state index is 14.0. The Morgan fingerprint density at radius 3 is 2.00 bits per heavy atom. The van der Waals surface area contributed by atoms with Crippen molar-refractivity contribution >= 4 is 12.1 Å². The Kier molecular flexibility index (Phi) is 5.18. The van der Waals surface area contributed by atoms with Gasteiger partial charge in [0.15, 0.2) is 0 Å². The van der Waals surface area contributed by atoms with Gasteiger partial charge < -0.3 is 15.2 Å². The van der Waals surface area contributed by atoms with Gasteiger partial charge in [0.25, 0.3) is 0 Å². The zero-order valence-corrected chi connectivity index (χ0v) is 15.7. The first-order chi connectivity index (χ1) is 14.5. The van der Waals surface area contributed by atoms with E-state index < -0.39 is 41.4 Å². The van der Waals surface area contributed by atoms with Crippen LogP contribution < -0.4 is 5.32 Å². The van der Waals surface area contributed by atoms with Crippen molar-refractivity contribution in [1.82, 2.24) is 5.32 Å². The number of nitrogens with one attached hydrogen (secondary N) is 1. The molecule has 3 aromatic rings. The molecule has 4 rings (SSSR count). The lowest BCUT2D eigenvalue weighted by Gasteiger charge is -2.15. The van der Waals surface area contributed by atoms with Gasteiger partial charge in [-0.3, -0.25) is 0 Å². The highest BCUT2D eigenvalue weighted by atomic mass is 19.1. The first-order valence-corrected chi connectivity index (χ1v) is 9.25. The third-order valence-corrected chi connectivity index (χ3v) is 5.14. The van der Waals surface area contributed by atoms with Crippen LogP contribution in [0.3, 0.4) is 0 Å². The van der Waals surface area contributed by atoms with E-state index in [2.05, 4.69) is 5.32 Å². The fourth-order valence-corrected chi connectivity index (χ4v) is 3.71. The van der Waals surface area contributed by atoms with Crippen LogP contribution in [0.25, 0.3) is 11.1 Å². The number of carbonyl (C=O) groups excluding carboxylic acids is 1. The number of alkyl carbamates (subject to hydrolysis) is 1. The van der Waals surface area contributed by atoms with Crippen molar-refractivity contribution in [3.05, 3.63) is 94.6 Å². The maximum atomic E-state index is 14.0. The van der Waals surface area contributed by atoms with E-state index in [0.29, 0.717) is 12.1 Å². The van der Waals surface area contributed by atoms with Crippen LogP contribution in [0, 0.1) is 11.6 Å². The molecule has 30 heavy (non-hydrogen) atoms. The van der Waals surface area contributed by atoms with Crippen molar-refractivity contribution < 1.29 is 28.2 Å². The van der Waals surface area contributed by atoms with Gasteiger partial charge in [0.2, 0.25) is 0 Å². The molecular formula is C23H17F2NO4. The normalized spacial score (nSPS) is 12.2. The van der Waals surface area contributed by atoms with E-state index in [0.717, 1.165) is 22.3 Å². The monoisotopic (exact) mass is 409 g/mol. The lowest BCUT2D eigenvalue weighted by Crippen LogP contribution is -2.26. The highest BCUT2D eigenvalue weighted by molar-refractivity contribution is 5.87. The molecule has 0 aliphatic heterocycles. The number of amides is 1. The van der Waals surface area contributed by atoms with Crippen molar-refractivity contribution in [3.8, 4) is 11.1 Å². The molecule has 0 aromatic heterocycles. The summed E-state index contributed by atoms with van der Waals surface area (Å²) in [5, 5.41) is 11.1. The van der Waals surface area contributed by atoms with Crippen LogP contribution in [-0.2, 0) is 11.3 Å². The molecule has 7 heteroatoms. The fourth-order valence-electron chi connectivity index (χ4n) is 3.71. The van der Waals surface area contributed by atoms with Crippen molar-refractivity contribution in [3.63, 3.8) is 0 Å². The van der Waals surface area contributed by atoms with E-state index >= 15 is 0 Å². The average molecular weight is 409 g/mol. The Hall–Kier alpha value is -3.74. The van der Waals surface area contributed by atoms with Gasteiger partial charge in [-0.1, -0.05) is 48.5 Å². The minimum atomic E-state index is -1.44. The summed E-state index contributed by atoms with van der Waals surface area (Å²) < 4.78 is 33.3. The number of carboxylic acids is 1. The average Bonchev–Trinajstić information content (AvgIpc) is 3.05. The predicted molar refractivity (Wildman–Crippen MR) is 105 cm³/mol. The number of carbonyl (C=O) groups is 2. The summed E-state index contributed by atoms with van der Waals surface area (Å²) in [6, 6.07) is 17.1. The van der Waals surface area contributed by atoms with Crippen LogP contribution >= 0.6 is 0 Å². The van der Waals surface area contributed by atoms with Gasteiger partial charge in [-0.2, -0.15) is 0 Å². The van der Waals surface area contributed by atoms with Crippen molar-refractivity contribution in [2.45, 2.75) is 12.5 Å². The van der Waals surface area contributed by atoms with E-state index in [4.69, 9.17) is 9.84 Å². The first kappa shape index (κ1) is 19.6. The molecule has 0 radical (unpaired) electrons. The van der Waals surface area contributed by atoms with Crippen LogP contribution in [0.1, 0.15) is 33.0 Å². The van der Waals surface area contributed by atoms with E-state index in [-0.39, 0.29) is 12.5 Å². The minimum absolute atomic E-state index is 0.0722. The SMILES string of the molecule is O=C(NCc1c(F)cc(C(=O)O)cc1F)OCC1c2ccccc2-c2ccccc21. The molecule has 0 heterocycles. The van der Waals surface area contributed by atoms with Gasteiger partial charge in [-0.15, -0.1) is 0 Å². The first-order valence-electron chi connectivity index (χ1n) is 9.25. The lowest BCUT2D eigenvalue weighted by atomic mass is 9.98. The molecule has 0 unspecified atom stereocenters. The standard InChI is InChI=1S/C23H17F2NO4/c24-20-9-13(22(27)28)10-21(25)18(20)11-26-23(29)30-12-19-16-7-3-1-5-14(16)15-6-2-4-8-17(15)19/h1-10,19H,11-12H2,(H,26,29)(H,27,28). The van der Waals surface area contributed by atoms with E-state index in [1.807, 2.05) is 48.5 Å². The highest BCUT2D eigenvalue weighted by Crippen LogP contribution is 2.44. The molecule has 2 N–H and O–H groups in total. The maximum Gasteiger partial charge on any atom is 0.407 e. The summed E-state index contributed by atoms with van der Waals surface area (Å²) in [5.41, 5.74) is 3.33. The number of fused-ring (bicyclic) bond motifs is 3. The summed E-state index contributed by atoms with van der Waals surface area (Å²) in [6.07, 6.45) is -0.821. The van der Waals surface area contributed by atoms with Crippen LogP contribution in [0.2, 0.25) is 0 Å². The fraction of sp³-hybridized carbons (Fsp3) is 0.130. The Labute approximate surface area is 170 Å². The molecule has 0 spiro atoms. The number of hydrogen-bond donors (Lipinski definition) is 2. The molecule has 3 aromatic carbocycles. The van der Waals surface area contributed by atoms with Crippen LogP contribution in [0.4, 0.5) is 13.6 Å². The third kappa shape index (κ3) is 3.61. The lowest BCUT2D eigenvalue weighted by molar-refractivity contribution is 0.0695. The molecule has 0 fully saturated rings. The molecular weight excluding hydrogens is 392 g/mol. The van der Waals surface area contributed by atoms with Gasteiger partial charge in [0.1, 0.15) is 18.2 Å². The van der Waals surface area contributed by atoms with Crippen LogP contribution in [-0.4, -0.2) is 23.8 Å². The van der Waals surface area contributed by atoms with E-state index in [1.165, 1.54) is 0 Å². The van der Waals surface area contributed by atoms with Gasteiger partial charge >= 0.3 is 12.1 Å². The predicted octanol–water partition coefficient (Wildman–Crippen LogP) is 4.70. The Balaban J connectivity index is 1.42. The van der Waals surface area contributed by atoms with Crippen LogP contribution in [0.5, 0.6) is 0 Å². The molecule has 0 saturated carbocycles. The van der Waals surface area contributed by atoms with Gasteiger partial charge in [0, 0.05) is 11.5 Å². The molecule has 1 aliphatic rings. The molecule has 0 saturated heterocycles. The number of hydrogen-bond acceptors (Lipinski definition) is 3. The molecule has 5 nitrogen and oxygen atoms in total. The summed E-state index contributed by atoms with van der Waals surface area (Å²) >= 11 is 0. The van der Waals surface area contributed by atoms with Crippen molar-refractivity contribution in [2.75, 3.05) is 6.61 Å². The van der Waals surface area contributed by atoms with Gasteiger partial charge in [0.05, 0.1) is 12.1 Å². The summed E-state index contributed by atoms with van der Waals surface area (Å²) in [5.74, 6) is -3.67. The number of rotatable bonds is 5. The highest BCUT2D eigenvalue weighted by Gasteiger charge is 2.29. The number of benzene rings is 3. The zero-order chi connectivity index (χ0) is 21.3. The molecule has 0 atom stereocenters. The Morgan fingerprint density at radius 1 is 0.933 bits per heavy atom. The number of aromatic carboxylic acids is 1. The molecule has 0 bridgehead atoms. The van der Waals surface area contributed by atoms with Gasteiger partial charge in [-0.25, -0.2) is 18.4 Å². The quantitative estimate of drug-likeness (QED) is 0.640. The summed E-state index contributed by atoms with van der Waals surface area (Å²) in [7, 11) is 0. The van der Waals surface area contributed by atoms with Crippen LogP contribution in [0.15, 0.2) is 60.7 Å². The minimum Gasteiger partial charge on any atom is -0.478 e. The van der Waals surface area contributed by atoms with Crippen molar-refractivity contribution in [1.29, 1.82) is 0 Å². The number of halogens is 2. The van der Waals surface area contributed by atoms with Crippen molar-refractivity contribution in [2.24, 2.45) is 0 Å². The largest absolute Gasteiger partial charge is 0.478 e.